The minimum absolute atomic E-state index is 0.256. The molecule has 5 aliphatic heterocycles. The zero-order chi connectivity index (χ0) is 84.6. The third kappa shape index (κ3) is 8.59. The van der Waals surface area contributed by atoms with Gasteiger partial charge in [0.25, 0.3) is 28.6 Å². The van der Waals surface area contributed by atoms with Gasteiger partial charge in [-0.1, -0.05) is 121 Å². The minimum atomic E-state index is -2.50. The first-order chi connectivity index (χ1) is 59.1. The van der Waals surface area contributed by atoms with Gasteiger partial charge in [0, 0.05) is 58.8 Å². The van der Waals surface area contributed by atoms with Crippen molar-refractivity contribution >= 4 is 121 Å². The van der Waals surface area contributed by atoms with Crippen LogP contribution in [0.25, 0.3) is 172 Å². The maximum Gasteiger partial charge on any atom is 0.341 e. The molecule has 0 fully saturated rings. The largest absolute Gasteiger partial charge is 0.400 e. The molecule has 20 heteroatoms. The summed E-state index contributed by atoms with van der Waals surface area (Å²) in [7, 11) is 4.10. The summed E-state index contributed by atoms with van der Waals surface area (Å²) in [5.41, 5.74) is 20.4. The Morgan fingerprint density at radius 2 is 0.704 bits per heavy atom. The lowest BCUT2D eigenvalue weighted by molar-refractivity contribution is -0.652. The van der Waals surface area contributed by atoms with Crippen LogP contribution in [0, 0.1) is 0 Å². The summed E-state index contributed by atoms with van der Waals surface area (Å²) in [5, 5.41) is 4.19. The van der Waals surface area contributed by atoms with Crippen molar-refractivity contribution in [3.63, 3.8) is 0 Å². The normalized spacial score (nSPS) is 15.6. The Bertz CT molecular complexity index is 8030. The molecule has 0 atom stereocenters. The molecule has 0 unspecified atom stereocenters. The molecular weight excluding hydrogens is 1360 g/mol. The number of hydrogen-bond acceptors (Lipinski definition) is 7. The molecule has 520 valence electrons. The molecule has 19 nitrogen and oxygen atoms in total. The van der Waals surface area contributed by atoms with Crippen molar-refractivity contribution in [1.82, 2.24) is 61.5 Å². The number of fused-ring (bicyclic) bond motifs is 35. The zero-order valence-electron chi connectivity index (χ0n) is 73.0. The Labute approximate surface area is 642 Å². The van der Waals surface area contributed by atoms with Crippen LogP contribution in [0.2, 0.25) is 0 Å². The van der Waals surface area contributed by atoms with Gasteiger partial charge in [-0.2, -0.15) is 4.57 Å². The molecule has 0 bridgehead atoms. The van der Waals surface area contributed by atoms with Gasteiger partial charge in [0.05, 0.1) is 144 Å². The van der Waals surface area contributed by atoms with Crippen LogP contribution in [0.3, 0.4) is 0 Å². The highest BCUT2D eigenvalue weighted by atomic mass is 32.1. The first-order valence-corrected chi connectivity index (χ1v) is 36.3. The van der Waals surface area contributed by atoms with E-state index in [2.05, 4.69) is 97.3 Å². The lowest BCUT2D eigenvalue weighted by Crippen LogP contribution is -2.33. The predicted molar refractivity (Wildman–Crippen MR) is 422 cm³/mol. The smallest absolute Gasteiger partial charge is 0.341 e. The molecule has 6 aromatic carbocycles. The number of imidazole rings is 5. The molecule has 5 aliphatic rings. The van der Waals surface area contributed by atoms with Crippen LogP contribution < -0.4 is 22.8 Å². The number of benzene rings is 6. The van der Waals surface area contributed by atoms with Crippen LogP contribution in [0.4, 0.5) is 0 Å². The lowest BCUT2D eigenvalue weighted by Gasteiger charge is -2.02. The lowest BCUT2D eigenvalue weighted by atomic mass is 10.1. The Kier molecular flexibility index (Phi) is 10.5. The van der Waals surface area contributed by atoms with Gasteiger partial charge < -0.3 is 4.42 Å². The summed E-state index contributed by atoms with van der Waals surface area (Å²) in [5.74, 6) is 3.95. The van der Waals surface area contributed by atoms with E-state index in [9.17, 15) is 0 Å². The van der Waals surface area contributed by atoms with Crippen LogP contribution in [-0.2, 0) is 81.7 Å². The van der Waals surface area contributed by atoms with E-state index in [0.29, 0.717) is 76.8 Å². The number of pyridine rings is 5. The Morgan fingerprint density at radius 1 is 0.324 bits per heavy atom. The first-order valence-electron chi connectivity index (χ1n) is 42.9. The van der Waals surface area contributed by atoms with Gasteiger partial charge in [-0.3, -0.25) is 13.7 Å². The molecule has 0 N–H and O–H groups in total. The Hall–Kier alpha value is -13.5. The topological polar surface area (TPSA) is 136 Å². The fraction of sp³-hybridized carbons (Fsp3) is 0.136. The average molecular weight is 1440 g/mol. The summed E-state index contributed by atoms with van der Waals surface area (Å²) < 4.78 is 151. The van der Waals surface area contributed by atoms with Crippen molar-refractivity contribution in [3.8, 4) is 62.6 Å². The van der Waals surface area contributed by atoms with Gasteiger partial charge in [0.15, 0.2) is 22.1 Å². The maximum atomic E-state index is 8.32. The highest BCUT2D eigenvalue weighted by Crippen LogP contribution is 2.42. The maximum absolute atomic E-state index is 8.32. The van der Waals surface area contributed by atoms with E-state index >= 15 is 0 Å². The van der Waals surface area contributed by atoms with Gasteiger partial charge >= 0.3 is 5.71 Å². The first kappa shape index (κ1) is 48.5. The van der Waals surface area contributed by atoms with E-state index in [-0.39, 0.29) is 5.65 Å². The predicted octanol–water partition coefficient (Wildman–Crippen LogP) is 14.3. The molecule has 26 rings (SSSR count). The SMILES string of the molecule is Cn1c2[n+](c3sc4ncccc4c31)Cc1ccccc1-2.[2H]C([2H])([2H])n1c2[n+](c3c1c1cccnc1n3-c1ccccc1)Cc1ccccc1-2.[2H]C([2H])([2H])n1c2[n+](c3c1c1cccnc1n3C([2H])([2H])[2H])Cc1ccccc1-2.[2H]C([2H])([2H])n1c2[n+](c3c1c1cccnc1n3C)Cc1ccccc1-2.[2H]C([2H])([2H])n1c2[n+](c3oc4ncccc4c31)Cc1ccccc1-2. The van der Waals surface area contributed by atoms with Gasteiger partial charge in [-0.15, -0.1) is 0 Å². The van der Waals surface area contributed by atoms with Gasteiger partial charge in [-0.25, -0.2) is 66.0 Å². The van der Waals surface area contributed by atoms with Crippen LogP contribution in [0.5, 0.6) is 0 Å². The fourth-order valence-corrected chi connectivity index (χ4v) is 18.6. The number of furan rings is 1. The third-order valence-corrected chi connectivity index (χ3v) is 23.1. The molecule has 0 spiro atoms. The zero-order valence-corrected chi connectivity index (χ0v) is 58.8. The van der Waals surface area contributed by atoms with Gasteiger partial charge in [0.2, 0.25) is 50.5 Å². The van der Waals surface area contributed by atoms with Crippen molar-refractivity contribution in [2.24, 2.45) is 49.0 Å². The second kappa shape index (κ2) is 23.3. The van der Waals surface area contributed by atoms with Gasteiger partial charge in [-0.05, 0) is 103 Å². The van der Waals surface area contributed by atoms with Crippen molar-refractivity contribution in [2.45, 2.75) is 32.7 Å². The summed E-state index contributed by atoms with van der Waals surface area (Å²) in [6.45, 7) is -8.56. The number of aromatic nitrogens is 18. The number of aryl methyl sites for hydroxylation is 7. The number of para-hydroxylation sites is 1. The van der Waals surface area contributed by atoms with Crippen molar-refractivity contribution in [2.75, 3.05) is 0 Å². The monoisotopic (exact) mass is 1440 g/mol. The number of hydrogen-bond donors (Lipinski definition) is 0. The quantitative estimate of drug-likeness (QED) is 0.150. The van der Waals surface area contributed by atoms with E-state index in [4.69, 9.17) is 25.0 Å². The summed E-state index contributed by atoms with van der Waals surface area (Å²) in [6, 6.07) is 68.9. The average Bonchev–Trinajstić information content (AvgIpc) is 1.53. The highest BCUT2D eigenvalue weighted by Gasteiger charge is 2.41. The molecule has 20 heterocycles. The van der Waals surface area contributed by atoms with Gasteiger partial charge in [0.1, 0.15) is 23.6 Å². The van der Waals surface area contributed by atoms with Crippen LogP contribution in [0.1, 0.15) is 48.4 Å². The summed E-state index contributed by atoms with van der Waals surface area (Å²) >= 11 is 1.79. The van der Waals surface area contributed by atoms with E-state index in [1.54, 1.807) is 52.7 Å². The Balaban J connectivity index is 0.0000000921. The molecule has 15 aromatic heterocycles. The second-order valence-electron chi connectivity index (χ2n) is 27.7. The van der Waals surface area contributed by atoms with Crippen LogP contribution in [0.15, 0.2) is 248 Å². The van der Waals surface area contributed by atoms with Crippen LogP contribution in [-0.4, -0.2) is 61.5 Å². The molecule has 0 aliphatic carbocycles. The highest BCUT2D eigenvalue weighted by molar-refractivity contribution is 7.24. The fourth-order valence-electron chi connectivity index (χ4n) is 17.5. The molecular formula is C88H71N18OS+5. The van der Waals surface area contributed by atoms with E-state index in [1.807, 2.05) is 174 Å². The third-order valence-electron chi connectivity index (χ3n) is 22.0. The number of rotatable bonds is 1. The standard InChI is InChI=1S/C22H17N4.2C17H15N4.C16H12N3O.C16H12N3S/c1-24-19-18-12-7-13-23-20(18)26(16-9-3-2-4-10-16)22(19)25-14-15-8-5-6-11-17(15)21(24)25;2*1-19-14-13-8-5-9-18-15(13)20(2)17(14)21-10-11-6-3-4-7-12(11)16(19)21;2*1-18-13-12-7-4-8-17-14(12)20-16(13)19-9-10-5-2-3-6-11(10)15(18)19/h2-13H,14H2,1H3;2*3-9H,10H2,1-2H3;2*2-8H,9H2,1H3/q5*+1/i1D3;1D3,2D3;2*1D3;. The van der Waals surface area contributed by atoms with Crippen molar-refractivity contribution in [1.29, 1.82) is 0 Å². The number of thiophene rings is 1. The summed E-state index contributed by atoms with van der Waals surface area (Å²) in [6.07, 6.45) is 8.52. The van der Waals surface area contributed by atoms with E-state index in [0.717, 1.165) is 117 Å². The van der Waals surface area contributed by atoms with E-state index in [1.165, 1.54) is 61.7 Å². The number of nitrogens with zero attached hydrogens (tertiary/aromatic N) is 18. The van der Waals surface area contributed by atoms with Crippen molar-refractivity contribution < 1.29 is 47.8 Å². The molecule has 0 radical (unpaired) electrons. The molecule has 0 saturated heterocycles. The second-order valence-corrected chi connectivity index (χ2v) is 28.6. The van der Waals surface area contributed by atoms with E-state index < -0.39 is 34.9 Å². The molecule has 108 heavy (non-hydrogen) atoms. The summed E-state index contributed by atoms with van der Waals surface area (Å²) in [4.78, 5) is 24.5. The molecule has 0 saturated carbocycles. The molecule has 21 aromatic rings. The van der Waals surface area contributed by atoms with Crippen LogP contribution >= 0.6 is 11.3 Å². The minimum Gasteiger partial charge on any atom is -0.400 e. The molecule has 0 amide bonds. The Morgan fingerprint density at radius 3 is 1.23 bits per heavy atom. The van der Waals surface area contributed by atoms with Crippen molar-refractivity contribution in [3.05, 3.63) is 271 Å².